The number of benzene rings is 1. The Hall–Kier alpha value is -1.85. The van der Waals surface area contributed by atoms with Crippen molar-refractivity contribution in [3.63, 3.8) is 0 Å². The molecule has 1 atom stereocenters. The van der Waals surface area contributed by atoms with Gasteiger partial charge in [0.25, 0.3) is 0 Å². The van der Waals surface area contributed by atoms with Gasteiger partial charge in [0.2, 0.25) is 0 Å². The van der Waals surface area contributed by atoms with E-state index in [0.717, 1.165) is 51.3 Å². The van der Waals surface area contributed by atoms with Gasteiger partial charge in [0.05, 0.1) is 24.8 Å². The second-order valence-electron chi connectivity index (χ2n) is 7.53. The minimum absolute atomic E-state index is 0.0752. The predicted molar refractivity (Wildman–Crippen MR) is 99.7 cm³/mol. The summed E-state index contributed by atoms with van der Waals surface area (Å²) < 4.78 is 8.47. The molecule has 0 amide bonds. The van der Waals surface area contributed by atoms with Crippen LogP contribution >= 0.6 is 0 Å². The van der Waals surface area contributed by atoms with E-state index >= 15 is 0 Å². The van der Waals surface area contributed by atoms with Crippen molar-refractivity contribution < 1.29 is 4.74 Å². The molecule has 5 heteroatoms. The van der Waals surface area contributed by atoms with Gasteiger partial charge in [-0.2, -0.15) is 0 Å². The maximum absolute atomic E-state index is 6.35. The normalized spacial score (nSPS) is 23.2. The molecular formula is C20H28N4O. The number of nitrogens with zero attached hydrogens (tertiary/aromatic N) is 4. The van der Waals surface area contributed by atoms with E-state index in [1.807, 2.05) is 12.4 Å². The molecule has 134 valence electrons. The summed E-state index contributed by atoms with van der Waals surface area (Å²) in [5.41, 5.74) is 1.35. The van der Waals surface area contributed by atoms with Crippen molar-refractivity contribution in [3.05, 3.63) is 48.5 Å². The van der Waals surface area contributed by atoms with Crippen molar-refractivity contribution in [1.29, 1.82) is 0 Å². The van der Waals surface area contributed by atoms with Crippen molar-refractivity contribution in [2.75, 3.05) is 31.6 Å². The Labute approximate surface area is 150 Å². The fourth-order valence-corrected chi connectivity index (χ4v) is 4.16. The summed E-state index contributed by atoms with van der Waals surface area (Å²) >= 11 is 0. The van der Waals surface area contributed by atoms with Gasteiger partial charge in [-0.15, -0.1) is 0 Å². The predicted octanol–water partition coefficient (Wildman–Crippen LogP) is 2.68. The zero-order chi connectivity index (χ0) is 17.3. The van der Waals surface area contributed by atoms with E-state index in [-0.39, 0.29) is 5.60 Å². The summed E-state index contributed by atoms with van der Waals surface area (Å²) in [4.78, 5) is 9.34. The van der Waals surface area contributed by atoms with E-state index in [2.05, 4.69) is 63.8 Å². The number of anilines is 1. The Balaban J connectivity index is 1.33. The molecule has 0 bridgehead atoms. The summed E-state index contributed by atoms with van der Waals surface area (Å²) in [6, 6.07) is 11.1. The van der Waals surface area contributed by atoms with E-state index in [4.69, 9.17) is 4.74 Å². The standard InChI is InChI=1S/C20H28N4O/c1-22-13-10-21-19(22)15-24-11-8-20(9-12-24)14-18(16-25-20)23(2)17-6-4-3-5-7-17/h3-7,10,13,18H,8-9,11-12,14-16H2,1-2H3. The van der Waals surface area contributed by atoms with Gasteiger partial charge in [-0.1, -0.05) is 18.2 Å². The van der Waals surface area contributed by atoms with Crippen LogP contribution in [-0.2, 0) is 18.3 Å². The van der Waals surface area contributed by atoms with E-state index in [0.29, 0.717) is 6.04 Å². The molecule has 5 nitrogen and oxygen atoms in total. The maximum atomic E-state index is 6.35. The van der Waals surface area contributed by atoms with Gasteiger partial charge >= 0.3 is 0 Å². The first kappa shape index (κ1) is 16.6. The van der Waals surface area contributed by atoms with Crippen LogP contribution in [0, 0.1) is 0 Å². The van der Waals surface area contributed by atoms with Crippen LogP contribution in [0.5, 0.6) is 0 Å². The Morgan fingerprint density at radius 1 is 1.24 bits per heavy atom. The summed E-state index contributed by atoms with van der Waals surface area (Å²) in [5, 5.41) is 0. The average molecular weight is 340 g/mol. The maximum Gasteiger partial charge on any atom is 0.122 e. The highest BCUT2D eigenvalue weighted by molar-refractivity contribution is 5.46. The number of rotatable bonds is 4. The van der Waals surface area contributed by atoms with Crippen LogP contribution in [0.25, 0.3) is 0 Å². The number of piperidine rings is 1. The summed E-state index contributed by atoms with van der Waals surface area (Å²) in [6.45, 7) is 3.96. The molecule has 4 rings (SSSR count). The third-order valence-corrected chi connectivity index (χ3v) is 5.95. The molecule has 0 aliphatic carbocycles. The smallest absolute Gasteiger partial charge is 0.122 e. The van der Waals surface area contributed by atoms with Crippen LogP contribution in [0.2, 0.25) is 0 Å². The highest BCUT2D eigenvalue weighted by Crippen LogP contribution is 2.38. The Bertz CT molecular complexity index is 691. The second-order valence-corrected chi connectivity index (χ2v) is 7.53. The van der Waals surface area contributed by atoms with Gasteiger partial charge in [-0.25, -0.2) is 4.98 Å². The van der Waals surface area contributed by atoms with Gasteiger partial charge in [0, 0.05) is 45.3 Å². The summed E-state index contributed by atoms with van der Waals surface area (Å²) in [7, 11) is 4.26. The second kappa shape index (κ2) is 6.81. The molecule has 1 unspecified atom stereocenters. The number of likely N-dealkylation sites (tertiary alicyclic amines) is 1. The molecule has 2 aromatic rings. The highest BCUT2D eigenvalue weighted by Gasteiger charge is 2.43. The minimum Gasteiger partial charge on any atom is -0.373 e. The third-order valence-electron chi connectivity index (χ3n) is 5.95. The van der Waals surface area contributed by atoms with Crippen molar-refractivity contribution >= 4 is 5.69 Å². The summed E-state index contributed by atoms with van der Waals surface area (Å²) in [6.07, 6.45) is 7.28. The number of aromatic nitrogens is 2. The van der Waals surface area contributed by atoms with Crippen molar-refractivity contribution in [2.45, 2.75) is 37.5 Å². The first-order chi connectivity index (χ1) is 12.2. The van der Waals surface area contributed by atoms with Crippen LogP contribution in [0.3, 0.4) is 0 Å². The van der Waals surface area contributed by atoms with E-state index in [1.54, 1.807) is 0 Å². The zero-order valence-electron chi connectivity index (χ0n) is 15.3. The number of imidazole rings is 1. The fourth-order valence-electron chi connectivity index (χ4n) is 4.16. The van der Waals surface area contributed by atoms with Gasteiger partial charge in [-0.05, 0) is 31.4 Å². The minimum atomic E-state index is 0.0752. The molecule has 2 fully saturated rings. The lowest BCUT2D eigenvalue weighted by atomic mass is 9.87. The fraction of sp³-hybridized carbons (Fsp3) is 0.550. The van der Waals surface area contributed by atoms with Crippen molar-refractivity contribution in [2.24, 2.45) is 7.05 Å². The SMILES string of the molecule is CN(c1ccccc1)C1COC2(CCN(Cc3nccn3C)CC2)C1. The largest absolute Gasteiger partial charge is 0.373 e. The number of para-hydroxylation sites is 1. The average Bonchev–Trinajstić information content (AvgIpc) is 3.24. The molecule has 1 spiro atoms. The quantitative estimate of drug-likeness (QED) is 0.857. The van der Waals surface area contributed by atoms with Crippen LogP contribution < -0.4 is 4.90 Å². The Morgan fingerprint density at radius 2 is 2.00 bits per heavy atom. The molecule has 2 aliphatic heterocycles. The lowest BCUT2D eigenvalue weighted by molar-refractivity contribution is -0.0453. The Kier molecular flexibility index (Phi) is 4.52. The number of aryl methyl sites for hydroxylation is 1. The molecule has 2 aliphatic rings. The van der Waals surface area contributed by atoms with E-state index in [9.17, 15) is 0 Å². The monoisotopic (exact) mass is 340 g/mol. The van der Waals surface area contributed by atoms with Gasteiger partial charge in [0.15, 0.2) is 0 Å². The van der Waals surface area contributed by atoms with Crippen LogP contribution in [-0.4, -0.2) is 52.8 Å². The Morgan fingerprint density at radius 3 is 2.68 bits per heavy atom. The molecule has 0 saturated carbocycles. The lowest BCUT2D eigenvalue weighted by Gasteiger charge is -2.38. The van der Waals surface area contributed by atoms with E-state index in [1.165, 1.54) is 5.69 Å². The zero-order valence-corrected chi connectivity index (χ0v) is 15.3. The number of likely N-dealkylation sites (N-methyl/N-ethyl adjacent to an activating group) is 1. The number of hydrogen-bond acceptors (Lipinski definition) is 4. The summed E-state index contributed by atoms with van der Waals surface area (Å²) in [5.74, 6) is 1.14. The molecule has 0 N–H and O–H groups in total. The van der Waals surface area contributed by atoms with Crippen molar-refractivity contribution in [3.8, 4) is 0 Å². The van der Waals surface area contributed by atoms with E-state index < -0.39 is 0 Å². The molecule has 0 radical (unpaired) electrons. The molecule has 3 heterocycles. The van der Waals surface area contributed by atoms with Crippen molar-refractivity contribution in [1.82, 2.24) is 14.5 Å². The molecular weight excluding hydrogens is 312 g/mol. The molecule has 1 aromatic carbocycles. The molecule has 1 aromatic heterocycles. The lowest BCUT2D eigenvalue weighted by Crippen LogP contribution is -2.44. The molecule has 2 saturated heterocycles. The van der Waals surface area contributed by atoms with Gasteiger partial charge < -0.3 is 14.2 Å². The first-order valence-corrected chi connectivity index (χ1v) is 9.26. The van der Waals surface area contributed by atoms with Crippen LogP contribution in [0.15, 0.2) is 42.7 Å². The van der Waals surface area contributed by atoms with Gasteiger partial charge in [-0.3, -0.25) is 4.90 Å². The molecule has 25 heavy (non-hydrogen) atoms. The first-order valence-electron chi connectivity index (χ1n) is 9.26. The number of ether oxygens (including phenoxy) is 1. The van der Waals surface area contributed by atoms with Crippen LogP contribution in [0.4, 0.5) is 5.69 Å². The topological polar surface area (TPSA) is 33.5 Å². The third kappa shape index (κ3) is 3.44. The highest BCUT2D eigenvalue weighted by atomic mass is 16.5. The van der Waals surface area contributed by atoms with Gasteiger partial charge in [0.1, 0.15) is 5.82 Å². The van der Waals surface area contributed by atoms with Crippen LogP contribution in [0.1, 0.15) is 25.1 Å². The number of hydrogen-bond donors (Lipinski definition) is 0.